The van der Waals surface area contributed by atoms with Crippen molar-refractivity contribution in [1.29, 1.82) is 0 Å². The van der Waals surface area contributed by atoms with E-state index in [4.69, 9.17) is 23.9 Å². The number of nitrogens with one attached hydrogen (secondary N) is 1. The number of allylic oxidation sites excluding steroid dienone is 1. The topological polar surface area (TPSA) is 117 Å². The van der Waals surface area contributed by atoms with Gasteiger partial charge in [0.1, 0.15) is 5.75 Å². The molecule has 0 saturated heterocycles. The maximum Gasteiger partial charge on any atom is 0.344 e. The van der Waals surface area contributed by atoms with Gasteiger partial charge in [-0.1, -0.05) is 41.7 Å². The highest BCUT2D eigenvalue weighted by molar-refractivity contribution is 14.1. The van der Waals surface area contributed by atoms with Crippen LogP contribution >= 0.6 is 33.9 Å². The van der Waals surface area contributed by atoms with Gasteiger partial charge in [0.25, 0.3) is 11.5 Å². The second-order valence-electron chi connectivity index (χ2n) is 9.81. The number of ether oxygens (including phenoxy) is 4. The van der Waals surface area contributed by atoms with Crippen LogP contribution in [0.3, 0.4) is 0 Å². The van der Waals surface area contributed by atoms with Crippen LogP contribution < -0.4 is 34.4 Å². The van der Waals surface area contributed by atoms with E-state index in [1.165, 1.54) is 18.4 Å². The number of methoxy groups -OCH3 is 2. The third kappa shape index (κ3) is 6.96. The molecule has 2 heterocycles. The summed E-state index contributed by atoms with van der Waals surface area (Å²) in [5.41, 5.74) is 2.56. The van der Waals surface area contributed by atoms with Crippen molar-refractivity contribution in [3.05, 3.63) is 112 Å². The molecule has 0 spiro atoms. The first-order valence-electron chi connectivity index (χ1n) is 13.9. The lowest BCUT2D eigenvalue weighted by atomic mass is 9.95. The Balaban J connectivity index is 1.60. The Kier molecular flexibility index (Phi) is 10.0. The second-order valence-corrected chi connectivity index (χ2v) is 12.0. The van der Waals surface area contributed by atoms with E-state index in [9.17, 15) is 14.4 Å². The first-order chi connectivity index (χ1) is 21.7. The largest absolute Gasteiger partial charge is 0.497 e. The van der Waals surface area contributed by atoms with E-state index >= 15 is 0 Å². The lowest BCUT2D eigenvalue weighted by Crippen LogP contribution is -2.40. The maximum atomic E-state index is 14.1. The molecule has 0 saturated carbocycles. The van der Waals surface area contributed by atoms with Crippen LogP contribution in [0.1, 0.15) is 31.0 Å². The molecule has 232 valence electrons. The maximum absolute atomic E-state index is 14.1. The molecule has 10 nitrogen and oxygen atoms in total. The molecule has 1 atom stereocenters. The minimum absolute atomic E-state index is 0.254. The van der Waals surface area contributed by atoms with E-state index in [0.717, 1.165) is 0 Å². The summed E-state index contributed by atoms with van der Waals surface area (Å²) < 4.78 is 24.3. The molecule has 1 aromatic heterocycles. The van der Waals surface area contributed by atoms with Crippen molar-refractivity contribution >= 4 is 57.6 Å². The van der Waals surface area contributed by atoms with Gasteiger partial charge < -0.3 is 24.3 Å². The predicted octanol–water partition coefficient (Wildman–Crippen LogP) is 4.44. The molecule has 12 heteroatoms. The van der Waals surface area contributed by atoms with Crippen molar-refractivity contribution in [3.63, 3.8) is 0 Å². The first-order valence-corrected chi connectivity index (χ1v) is 15.8. The smallest absolute Gasteiger partial charge is 0.344 e. The molecule has 1 amide bonds. The molecule has 3 aromatic carbocycles. The highest BCUT2D eigenvalue weighted by Gasteiger charge is 2.33. The van der Waals surface area contributed by atoms with Gasteiger partial charge in [0, 0.05) is 5.69 Å². The van der Waals surface area contributed by atoms with Crippen LogP contribution in [-0.2, 0) is 14.3 Å². The normalized spacial score (nSPS) is 14.3. The van der Waals surface area contributed by atoms with E-state index in [1.54, 1.807) is 49.8 Å². The number of rotatable bonds is 10. The van der Waals surface area contributed by atoms with Gasteiger partial charge in [-0.3, -0.25) is 14.2 Å². The number of amides is 1. The van der Waals surface area contributed by atoms with Crippen LogP contribution in [0, 0.1) is 3.57 Å². The Morgan fingerprint density at radius 2 is 1.84 bits per heavy atom. The van der Waals surface area contributed by atoms with E-state index in [1.807, 2.05) is 48.5 Å². The summed E-state index contributed by atoms with van der Waals surface area (Å²) in [5.74, 6) is 0.544. The van der Waals surface area contributed by atoms with E-state index in [-0.39, 0.29) is 24.7 Å². The van der Waals surface area contributed by atoms with Gasteiger partial charge in [0.15, 0.2) is 22.9 Å². The van der Waals surface area contributed by atoms with Gasteiger partial charge >= 0.3 is 5.97 Å². The van der Waals surface area contributed by atoms with Crippen LogP contribution in [0.25, 0.3) is 6.08 Å². The van der Waals surface area contributed by atoms with Crippen molar-refractivity contribution in [3.8, 4) is 17.2 Å². The Bertz CT molecular complexity index is 1970. The first kappa shape index (κ1) is 32.0. The molecule has 0 fully saturated rings. The summed E-state index contributed by atoms with van der Waals surface area (Å²) in [5, 5.41) is 2.95. The van der Waals surface area contributed by atoms with Gasteiger partial charge in [-0.25, -0.2) is 9.79 Å². The Labute approximate surface area is 276 Å². The number of anilines is 1. The fourth-order valence-electron chi connectivity index (χ4n) is 4.91. The molecule has 1 aliphatic rings. The Morgan fingerprint density at radius 1 is 1.07 bits per heavy atom. The van der Waals surface area contributed by atoms with Gasteiger partial charge in [-0.15, -0.1) is 0 Å². The number of hydrogen-bond donors (Lipinski definition) is 1. The fourth-order valence-corrected chi connectivity index (χ4v) is 6.73. The summed E-state index contributed by atoms with van der Waals surface area (Å²) in [6.45, 7) is 3.49. The lowest BCUT2D eigenvalue weighted by Gasteiger charge is -2.25. The number of carbonyl (C=O) groups is 2. The highest BCUT2D eigenvalue weighted by Crippen LogP contribution is 2.35. The standard InChI is InChI=1S/C33H30IN3O7S/c1-5-43-27(38)18-44-30-24(34)14-20(15-25(30)42-4)16-26-32(40)37-29(21-10-9-13-23(17-21)41-3)28(19(2)35-33(37)45-26)31(39)36-22-11-7-6-8-12-22/h6-17,29H,5,18H2,1-4H3,(H,36,39)/b26-16-/t29-/m0/s1. The third-order valence-electron chi connectivity index (χ3n) is 6.90. The average molecular weight is 740 g/mol. The van der Waals surface area contributed by atoms with Crippen molar-refractivity contribution in [2.24, 2.45) is 4.99 Å². The molecule has 0 bridgehead atoms. The van der Waals surface area contributed by atoms with Crippen LogP contribution in [0.15, 0.2) is 87.8 Å². The average Bonchev–Trinajstić information content (AvgIpc) is 3.33. The number of esters is 1. The summed E-state index contributed by atoms with van der Waals surface area (Å²) in [7, 11) is 3.07. The number of thiazole rings is 1. The van der Waals surface area contributed by atoms with Gasteiger partial charge in [0.2, 0.25) is 0 Å². The number of fused-ring (bicyclic) bond motifs is 1. The molecule has 0 radical (unpaired) electrons. The van der Waals surface area contributed by atoms with Crippen LogP contribution in [0.5, 0.6) is 17.2 Å². The Morgan fingerprint density at radius 3 is 2.56 bits per heavy atom. The molecule has 45 heavy (non-hydrogen) atoms. The van der Waals surface area contributed by atoms with Gasteiger partial charge in [0.05, 0.1) is 46.2 Å². The summed E-state index contributed by atoms with van der Waals surface area (Å²) in [6.07, 6.45) is 1.75. The lowest BCUT2D eigenvalue weighted by molar-refractivity contribution is -0.145. The molecule has 1 N–H and O–H groups in total. The summed E-state index contributed by atoms with van der Waals surface area (Å²) in [6, 6.07) is 19.2. The fraction of sp³-hybridized carbons (Fsp3) is 0.212. The minimum atomic E-state index is -0.754. The number of para-hydroxylation sites is 1. The van der Waals surface area contributed by atoms with Crippen molar-refractivity contribution in [1.82, 2.24) is 4.57 Å². The second kappa shape index (κ2) is 14.1. The summed E-state index contributed by atoms with van der Waals surface area (Å²) in [4.78, 5) is 44.9. The zero-order valence-electron chi connectivity index (χ0n) is 25.0. The molecular formula is C33H30IN3O7S. The number of nitrogens with zero attached hydrogens (tertiary/aromatic N) is 2. The monoisotopic (exact) mass is 739 g/mol. The number of carbonyl (C=O) groups excluding carboxylic acids is 2. The zero-order valence-corrected chi connectivity index (χ0v) is 27.9. The molecular weight excluding hydrogens is 709 g/mol. The third-order valence-corrected chi connectivity index (χ3v) is 8.68. The summed E-state index contributed by atoms with van der Waals surface area (Å²) >= 11 is 3.32. The van der Waals surface area contributed by atoms with E-state index in [0.29, 0.717) is 58.2 Å². The van der Waals surface area contributed by atoms with E-state index in [2.05, 4.69) is 27.9 Å². The molecule has 5 rings (SSSR count). The van der Waals surface area contributed by atoms with Crippen LogP contribution in [0.2, 0.25) is 0 Å². The highest BCUT2D eigenvalue weighted by atomic mass is 127. The molecule has 4 aromatic rings. The number of aromatic nitrogens is 1. The SMILES string of the molecule is CCOC(=O)COc1c(I)cc(/C=c2\sc3n(c2=O)[C@@H](c2cccc(OC)c2)C(C(=O)Nc2ccccc2)=C(C)N=3)cc1OC. The quantitative estimate of drug-likeness (QED) is 0.189. The van der Waals surface area contributed by atoms with Gasteiger partial charge in [-0.2, -0.15) is 0 Å². The number of halogens is 1. The van der Waals surface area contributed by atoms with Gasteiger partial charge in [-0.05, 0) is 90.0 Å². The minimum Gasteiger partial charge on any atom is -0.497 e. The number of hydrogen-bond acceptors (Lipinski definition) is 9. The predicted molar refractivity (Wildman–Crippen MR) is 180 cm³/mol. The number of benzene rings is 3. The molecule has 0 aliphatic carbocycles. The van der Waals surface area contributed by atoms with Crippen molar-refractivity contribution < 1.29 is 28.5 Å². The van der Waals surface area contributed by atoms with E-state index < -0.39 is 12.0 Å². The van der Waals surface area contributed by atoms with Crippen LogP contribution in [-0.4, -0.2) is 43.9 Å². The Hall–Kier alpha value is -4.43. The van der Waals surface area contributed by atoms with Crippen molar-refractivity contribution in [2.45, 2.75) is 19.9 Å². The molecule has 0 unspecified atom stereocenters. The van der Waals surface area contributed by atoms with Crippen molar-refractivity contribution in [2.75, 3.05) is 32.8 Å². The zero-order chi connectivity index (χ0) is 32.1. The molecule has 1 aliphatic heterocycles. The van der Waals surface area contributed by atoms with Crippen LogP contribution in [0.4, 0.5) is 5.69 Å².